The molecule has 6 nitrogen and oxygen atoms in total. The second-order valence-corrected chi connectivity index (χ2v) is 9.67. The summed E-state index contributed by atoms with van der Waals surface area (Å²) < 4.78 is 21.9. The van der Waals surface area contributed by atoms with Gasteiger partial charge in [0.2, 0.25) is 5.82 Å². The van der Waals surface area contributed by atoms with Crippen molar-refractivity contribution >= 4 is 11.8 Å². The van der Waals surface area contributed by atoms with Crippen LogP contribution in [0, 0.1) is 25.6 Å². The number of oxazole rings is 1. The third kappa shape index (κ3) is 3.36. The molecule has 0 bridgehead atoms. The normalized spacial score (nSPS) is 23.1. The van der Waals surface area contributed by atoms with E-state index in [0.29, 0.717) is 17.5 Å². The van der Waals surface area contributed by atoms with Crippen LogP contribution in [0.4, 0.5) is 4.39 Å². The Bertz CT molecular complexity index is 1080. The molecule has 0 radical (unpaired) electrons. The fourth-order valence-electron chi connectivity index (χ4n) is 4.80. The first kappa shape index (κ1) is 19.8. The Kier molecular flexibility index (Phi) is 4.94. The van der Waals surface area contributed by atoms with Crippen LogP contribution < -0.4 is 0 Å². The number of hydrogen-bond donors (Lipinski definition) is 0. The first-order valence-corrected chi connectivity index (χ1v) is 11.4. The summed E-state index contributed by atoms with van der Waals surface area (Å²) in [5.74, 6) is 2.91. The minimum atomic E-state index is -0.0324. The van der Waals surface area contributed by atoms with E-state index in [0.717, 1.165) is 60.2 Å². The third-order valence-corrected chi connectivity index (χ3v) is 7.62. The number of aromatic nitrogens is 4. The van der Waals surface area contributed by atoms with Crippen LogP contribution in [0.5, 0.6) is 0 Å². The number of hydrogen-bond acceptors (Lipinski definition) is 6. The lowest BCUT2D eigenvalue weighted by molar-refractivity contribution is 0.298. The maximum absolute atomic E-state index is 14.5. The van der Waals surface area contributed by atoms with E-state index in [2.05, 4.69) is 20.1 Å². The summed E-state index contributed by atoms with van der Waals surface area (Å²) in [7, 11) is 1.95. The van der Waals surface area contributed by atoms with Crippen LogP contribution in [-0.4, -0.2) is 50.0 Å². The summed E-state index contributed by atoms with van der Waals surface area (Å²) >= 11 is 1.71. The van der Waals surface area contributed by atoms with Gasteiger partial charge in [0.05, 0.1) is 5.69 Å². The molecule has 1 aliphatic heterocycles. The van der Waals surface area contributed by atoms with Crippen molar-refractivity contribution in [3.05, 3.63) is 47.2 Å². The number of piperidine rings is 1. The van der Waals surface area contributed by atoms with Crippen LogP contribution in [-0.2, 0) is 12.5 Å². The molecule has 3 aromatic rings. The summed E-state index contributed by atoms with van der Waals surface area (Å²) in [6.07, 6.45) is 3.62. The zero-order valence-electron chi connectivity index (χ0n) is 17.6. The minimum absolute atomic E-state index is 0.0324. The number of halogens is 1. The van der Waals surface area contributed by atoms with Crippen molar-refractivity contribution in [2.75, 3.05) is 25.4 Å². The maximum atomic E-state index is 14.5. The Morgan fingerprint density at radius 2 is 2.17 bits per heavy atom. The molecular weight excluding hydrogens is 401 g/mol. The Labute approximate surface area is 179 Å². The predicted molar refractivity (Wildman–Crippen MR) is 114 cm³/mol. The van der Waals surface area contributed by atoms with Gasteiger partial charge in [0, 0.05) is 31.3 Å². The van der Waals surface area contributed by atoms with Crippen LogP contribution in [0.3, 0.4) is 0 Å². The molecule has 5 rings (SSSR count). The molecule has 2 fully saturated rings. The lowest BCUT2D eigenvalue weighted by Crippen LogP contribution is -2.28. The van der Waals surface area contributed by atoms with Crippen LogP contribution >= 0.6 is 11.8 Å². The molecule has 1 aromatic carbocycles. The van der Waals surface area contributed by atoms with E-state index in [1.54, 1.807) is 17.8 Å². The molecule has 3 heterocycles. The number of aryl methyl sites for hydroxylation is 2. The highest BCUT2D eigenvalue weighted by molar-refractivity contribution is 7.99. The third-order valence-electron chi connectivity index (χ3n) is 6.51. The largest absolute Gasteiger partial charge is 0.440 e. The molecular formula is C22H26FN5OS. The summed E-state index contributed by atoms with van der Waals surface area (Å²) in [4.78, 5) is 6.62. The van der Waals surface area contributed by atoms with Gasteiger partial charge in [-0.2, -0.15) is 0 Å². The number of nitrogens with zero attached hydrogens (tertiary/aromatic N) is 5. The predicted octanol–water partition coefficient (Wildman–Crippen LogP) is 3.98. The van der Waals surface area contributed by atoms with Crippen molar-refractivity contribution in [1.29, 1.82) is 0 Å². The van der Waals surface area contributed by atoms with E-state index in [4.69, 9.17) is 4.42 Å². The summed E-state index contributed by atoms with van der Waals surface area (Å²) in [6.45, 7) is 6.93. The molecule has 2 aliphatic rings. The Morgan fingerprint density at radius 3 is 2.93 bits per heavy atom. The van der Waals surface area contributed by atoms with Gasteiger partial charge in [0.25, 0.3) is 0 Å². The molecule has 1 saturated carbocycles. The smallest absolute Gasteiger partial charge is 0.202 e. The van der Waals surface area contributed by atoms with Gasteiger partial charge in [-0.15, -0.1) is 10.2 Å². The fraction of sp³-hybridized carbons (Fsp3) is 0.500. The van der Waals surface area contributed by atoms with Crippen LogP contribution in [0.2, 0.25) is 0 Å². The average Bonchev–Trinajstić information content (AvgIpc) is 3.02. The highest BCUT2D eigenvalue weighted by atomic mass is 32.2. The molecule has 30 heavy (non-hydrogen) atoms. The van der Waals surface area contributed by atoms with Crippen molar-refractivity contribution < 1.29 is 8.81 Å². The van der Waals surface area contributed by atoms with Gasteiger partial charge >= 0.3 is 0 Å². The van der Waals surface area contributed by atoms with Gasteiger partial charge < -0.3 is 13.9 Å². The number of benzene rings is 1. The first-order valence-electron chi connectivity index (χ1n) is 10.4. The second kappa shape index (κ2) is 7.50. The molecule has 0 N–H and O–H groups in total. The zero-order chi connectivity index (χ0) is 20.9. The average molecular weight is 428 g/mol. The second-order valence-electron chi connectivity index (χ2n) is 8.61. The highest BCUT2D eigenvalue weighted by Crippen LogP contribution is 2.59. The molecule has 8 heteroatoms. The molecule has 1 aliphatic carbocycles. The summed E-state index contributed by atoms with van der Waals surface area (Å²) in [6, 6.07) is 5.72. The number of rotatable bonds is 7. The maximum Gasteiger partial charge on any atom is 0.202 e. The molecule has 2 aromatic heterocycles. The Morgan fingerprint density at radius 1 is 1.30 bits per heavy atom. The summed E-state index contributed by atoms with van der Waals surface area (Å²) in [5, 5.41) is 9.44. The number of likely N-dealkylation sites (tertiary alicyclic amines) is 1. The standard InChI is InChI=1S/C22H26FN5OS/c1-14-5-6-17(18(23)9-14)22-10-16(22)11-28(12-22)7-4-8-30-21-26-25-20(27(21)3)19-15(2)24-13-29-19/h5-6,9,13,16H,4,7-8,10-12H2,1-3H3/t16-,22-/m1/s1. The minimum Gasteiger partial charge on any atom is -0.440 e. The molecule has 0 spiro atoms. The Hall–Kier alpha value is -2.19. The molecule has 0 amide bonds. The van der Waals surface area contributed by atoms with Crippen LogP contribution in [0.1, 0.15) is 29.7 Å². The van der Waals surface area contributed by atoms with E-state index in [1.165, 1.54) is 6.39 Å². The van der Waals surface area contributed by atoms with Gasteiger partial charge in [-0.05, 0) is 56.3 Å². The van der Waals surface area contributed by atoms with Crippen molar-refractivity contribution in [1.82, 2.24) is 24.6 Å². The summed E-state index contributed by atoms with van der Waals surface area (Å²) in [5.41, 5.74) is 2.78. The van der Waals surface area contributed by atoms with E-state index in [9.17, 15) is 4.39 Å². The van der Waals surface area contributed by atoms with Gasteiger partial charge in [0.15, 0.2) is 17.3 Å². The van der Waals surface area contributed by atoms with Crippen molar-refractivity contribution in [3.8, 4) is 11.6 Å². The topological polar surface area (TPSA) is 60.0 Å². The molecule has 0 unspecified atom stereocenters. The van der Waals surface area contributed by atoms with E-state index in [-0.39, 0.29) is 11.2 Å². The van der Waals surface area contributed by atoms with Crippen LogP contribution in [0.25, 0.3) is 11.6 Å². The SMILES string of the molecule is Cc1ccc([C@@]23C[C@@H]2CN(CCCSc2nnc(-c4ocnc4C)n2C)C3)c(F)c1. The van der Waals surface area contributed by atoms with E-state index >= 15 is 0 Å². The lowest BCUT2D eigenvalue weighted by Gasteiger charge is -2.21. The first-order chi connectivity index (χ1) is 14.5. The van der Waals surface area contributed by atoms with Crippen molar-refractivity contribution in [3.63, 3.8) is 0 Å². The van der Waals surface area contributed by atoms with Gasteiger partial charge in [0.1, 0.15) is 5.82 Å². The number of thioether (sulfide) groups is 1. The fourth-order valence-corrected chi connectivity index (χ4v) is 5.64. The van der Waals surface area contributed by atoms with Gasteiger partial charge in [-0.1, -0.05) is 23.9 Å². The van der Waals surface area contributed by atoms with Crippen LogP contribution in [0.15, 0.2) is 34.2 Å². The molecule has 2 atom stereocenters. The quantitative estimate of drug-likeness (QED) is 0.420. The van der Waals surface area contributed by atoms with Gasteiger partial charge in [-0.25, -0.2) is 9.37 Å². The Balaban J connectivity index is 1.14. The van der Waals surface area contributed by atoms with Gasteiger partial charge in [-0.3, -0.25) is 0 Å². The zero-order valence-corrected chi connectivity index (χ0v) is 18.4. The van der Waals surface area contributed by atoms with Crippen molar-refractivity contribution in [2.45, 2.75) is 37.3 Å². The van der Waals surface area contributed by atoms with E-state index < -0.39 is 0 Å². The number of fused-ring (bicyclic) bond motifs is 1. The van der Waals surface area contributed by atoms with E-state index in [1.807, 2.05) is 37.6 Å². The molecule has 1 saturated heterocycles. The lowest BCUT2D eigenvalue weighted by atomic mass is 9.93. The molecule has 158 valence electrons. The monoisotopic (exact) mass is 427 g/mol. The highest BCUT2D eigenvalue weighted by Gasteiger charge is 2.61. The van der Waals surface area contributed by atoms with Crippen molar-refractivity contribution in [2.24, 2.45) is 13.0 Å².